The highest BCUT2D eigenvalue weighted by molar-refractivity contribution is 5.91. The summed E-state index contributed by atoms with van der Waals surface area (Å²) in [6, 6.07) is 5.71. The smallest absolute Gasteiger partial charge is 0.239 e. The minimum Gasteiger partial charge on any atom is -0.504 e. The second-order valence-corrected chi connectivity index (χ2v) is 19.7. The number of phenols is 2. The number of phenolic OH excluding ortho intramolecular Hbond substituents is 2. The maximum absolute atomic E-state index is 13.1. The molecule has 4 bridgehead atoms. The van der Waals surface area contributed by atoms with Gasteiger partial charge in [0.1, 0.15) is 12.2 Å². The first kappa shape index (κ1) is 44.2. The number of ether oxygens (including phenoxy) is 2. The first-order valence-corrected chi connectivity index (χ1v) is 23.1. The second-order valence-electron chi connectivity index (χ2n) is 19.7. The van der Waals surface area contributed by atoms with Crippen LogP contribution in [0.25, 0.3) is 0 Å². The molecule has 0 radical (unpaired) electrons. The molecular weight excluding hydrogens is 857 g/mol. The Kier molecular flexibility index (Phi) is 10.7. The number of hydrogen-bond donors (Lipinski definition) is 10. The number of carbonyl (C=O) groups excluding carboxylic acids is 6. The van der Waals surface area contributed by atoms with Crippen LogP contribution in [0.1, 0.15) is 73.6 Å². The fourth-order valence-electron chi connectivity index (χ4n) is 13.6. The van der Waals surface area contributed by atoms with Gasteiger partial charge in [0.15, 0.2) is 23.0 Å². The van der Waals surface area contributed by atoms with E-state index in [1.165, 1.54) is 0 Å². The van der Waals surface area contributed by atoms with E-state index >= 15 is 0 Å². The largest absolute Gasteiger partial charge is 0.504 e. The van der Waals surface area contributed by atoms with Gasteiger partial charge in [0.2, 0.25) is 35.4 Å². The first-order valence-electron chi connectivity index (χ1n) is 23.1. The third-order valence-electron chi connectivity index (χ3n) is 16.5. The standard InChI is InChI=1S/C46H58N8O12/c1-53-15-13-43-37-23-3-5-27(55)39(37)65-41(43)25(9-11-45(43,63)29(53)17-23)51-35(61)21-49-33(59)19-47-31(57)7-8-32(58)48-20-34(60)50-22-36(62)52-26-10-12-46(64)30-18-24-4-6-28(56)40-38(24)44(46,42(26)66-40)14-16-54(30)2/h3-6,25-26,29-30,41-42,55-56,63-64H,7-22H2,1-2H3,(H,47,57)(H,48,58)(H,49,59)(H,50,60)(H,51,61)(H,52,62)/t25?,26?,29-,30+,41?,42?,43?,44?,45?,46?. The Balaban J connectivity index is 0.631. The molecule has 4 heterocycles. The van der Waals surface area contributed by atoms with Crippen LogP contribution in [0.5, 0.6) is 23.0 Å². The summed E-state index contributed by atoms with van der Waals surface area (Å²) in [6.45, 7) is -0.221. The average Bonchev–Trinajstić information content (AvgIpc) is 3.84. The maximum atomic E-state index is 13.1. The van der Waals surface area contributed by atoms with E-state index in [9.17, 15) is 49.2 Å². The van der Waals surface area contributed by atoms with E-state index in [0.29, 0.717) is 76.0 Å². The van der Waals surface area contributed by atoms with Gasteiger partial charge < -0.3 is 71.6 Å². The first-order chi connectivity index (χ1) is 31.5. The highest BCUT2D eigenvalue weighted by atomic mass is 16.5. The molecule has 2 aromatic carbocycles. The van der Waals surface area contributed by atoms with E-state index < -0.39 is 94.9 Å². The molecule has 2 saturated heterocycles. The third kappa shape index (κ3) is 6.52. The average molecular weight is 915 g/mol. The number of likely N-dealkylation sites (tertiary alicyclic amines) is 2. The summed E-state index contributed by atoms with van der Waals surface area (Å²) < 4.78 is 12.8. The monoisotopic (exact) mass is 914 g/mol. The fourth-order valence-corrected chi connectivity index (χ4v) is 13.6. The van der Waals surface area contributed by atoms with Crippen molar-refractivity contribution in [1.82, 2.24) is 41.7 Å². The number of nitrogens with zero attached hydrogens (tertiary/aromatic N) is 2. The Bertz CT molecular complexity index is 2260. The van der Waals surface area contributed by atoms with Gasteiger partial charge in [-0.3, -0.25) is 28.8 Å². The Morgan fingerprint density at radius 3 is 1.36 bits per heavy atom. The van der Waals surface area contributed by atoms with Gasteiger partial charge >= 0.3 is 0 Å². The third-order valence-corrected chi connectivity index (χ3v) is 16.5. The van der Waals surface area contributed by atoms with Crippen molar-refractivity contribution in [3.05, 3.63) is 46.5 Å². The lowest BCUT2D eigenvalue weighted by atomic mass is 9.48. The van der Waals surface area contributed by atoms with Crippen LogP contribution >= 0.6 is 0 Å². The number of hydrogen-bond acceptors (Lipinski definition) is 14. The number of likely N-dealkylation sites (N-methyl/N-ethyl adjacent to an activating group) is 2. The van der Waals surface area contributed by atoms with Gasteiger partial charge in [-0.05, 0) is 102 Å². The molecule has 10 N–H and O–H groups in total. The van der Waals surface area contributed by atoms with Crippen LogP contribution in [0.3, 0.4) is 0 Å². The Hall–Kier alpha value is -5.70. The molecule has 20 nitrogen and oxygen atoms in total. The lowest BCUT2D eigenvalue weighted by Gasteiger charge is -2.63. The Labute approximate surface area is 380 Å². The van der Waals surface area contributed by atoms with Gasteiger partial charge in [-0.2, -0.15) is 0 Å². The summed E-state index contributed by atoms with van der Waals surface area (Å²) in [7, 11) is 4.01. The van der Waals surface area contributed by atoms with Crippen molar-refractivity contribution in [3.8, 4) is 23.0 Å². The molecule has 8 unspecified atom stereocenters. The Morgan fingerprint density at radius 1 is 0.576 bits per heavy atom. The minimum absolute atomic E-state index is 0.00663. The van der Waals surface area contributed by atoms with E-state index in [2.05, 4.69) is 41.7 Å². The van der Waals surface area contributed by atoms with Crippen LogP contribution < -0.4 is 41.4 Å². The van der Waals surface area contributed by atoms with Gasteiger partial charge in [-0.1, -0.05) is 12.1 Å². The van der Waals surface area contributed by atoms with Crippen LogP contribution in [0.2, 0.25) is 0 Å². The van der Waals surface area contributed by atoms with Crippen LogP contribution in [-0.4, -0.2) is 167 Å². The highest BCUT2D eigenvalue weighted by Crippen LogP contribution is 2.67. The number of nitrogens with one attached hydrogen (secondary N) is 6. The van der Waals surface area contributed by atoms with Crippen molar-refractivity contribution >= 4 is 35.4 Å². The van der Waals surface area contributed by atoms with Gasteiger partial charge in [0.05, 0.1) is 60.3 Å². The SMILES string of the molecule is CN1CCC23c4c5ccc(O)c4OC2C(NC(=O)CNC(=O)CNC(=O)CCC(=O)NCC(=O)NCC(=O)NC2CCC4(O)[C@H]6Cc7ccc(O)c8c7C4(CCN6C)C2O8)CCC3(O)[C@@H]1C5. The number of piperidine rings is 2. The fraction of sp³-hybridized carbons (Fsp3) is 0.609. The van der Waals surface area contributed by atoms with Crippen molar-refractivity contribution in [3.63, 3.8) is 0 Å². The molecule has 4 aliphatic carbocycles. The van der Waals surface area contributed by atoms with Crippen LogP contribution in [0.15, 0.2) is 24.3 Å². The molecule has 66 heavy (non-hydrogen) atoms. The molecule has 2 spiro atoms. The molecule has 20 heteroatoms. The van der Waals surface area contributed by atoms with Crippen molar-refractivity contribution in [2.45, 2.75) is 123 Å². The van der Waals surface area contributed by atoms with E-state index in [1.54, 1.807) is 12.1 Å². The normalized spacial score (nSPS) is 33.8. The van der Waals surface area contributed by atoms with E-state index in [-0.39, 0.29) is 49.5 Å². The summed E-state index contributed by atoms with van der Waals surface area (Å²) >= 11 is 0. The molecule has 6 amide bonds. The number of rotatable bonds is 13. The molecule has 4 fully saturated rings. The lowest BCUT2D eigenvalue weighted by molar-refractivity contribution is -0.187. The highest BCUT2D eigenvalue weighted by Gasteiger charge is 2.74. The number of aromatic hydroxyl groups is 2. The molecule has 10 rings (SSSR count). The zero-order valence-corrected chi connectivity index (χ0v) is 37.0. The van der Waals surface area contributed by atoms with Gasteiger partial charge in [0, 0.05) is 36.1 Å². The van der Waals surface area contributed by atoms with Gasteiger partial charge in [-0.15, -0.1) is 0 Å². The zero-order chi connectivity index (χ0) is 46.5. The van der Waals surface area contributed by atoms with Gasteiger partial charge in [0.25, 0.3) is 0 Å². The summed E-state index contributed by atoms with van der Waals surface area (Å²) in [5, 5.41) is 61.9. The molecule has 10 atom stereocenters. The van der Waals surface area contributed by atoms with Crippen LogP contribution in [0.4, 0.5) is 0 Å². The zero-order valence-electron chi connectivity index (χ0n) is 37.0. The molecule has 8 aliphatic rings. The van der Waals surface area contributed by atoms with E-state index in [4.69, 9.17) is 9.47 Å². The quantitative estimate of drug-likeness (QED) is 0.100. The number of amides is 6. The molecule has 2 aromatic rings. The number of aliphatic hydroxyl groups is 2. The molecule has 4 aliphatic heterocycles. The summed E-state index contributed by atoms with van der Waals surface area (Å²) in [5.74, 6) is -2.73. The predicted octanol–water partition coefficient (Wildman–Crippen LogP) is -2.42. The summed E-state index contributed by atoms with van der Waals surface area (Å²) in [4.78, 5) is 80.7. The Morgan fingerprint density at radius 2 is 0.955 bits per heavy atom. The van der Waals surface area contributed by atoms with Crippen molar-refractivity contribution in [1.29, 1.82) is 0 Å². The van der Waals surface area contributed by atoms with Gasteiger partial charge in [-0.25, -0.2) is 0 Å². The predicted molar refractivity (Wildman–Crippen MR) is 231 cm³/mol. The molecule has 354 valence electrons. The van der Waals surface area contributed by atoms with E-state index in [1.807, 2.05) is 26.2 Å². The summed E-state index contributed by atoms with van der Waals surface area (Å²) in [6.07, 6.45) is 2.30. The number of carbonyl (C=O) groups is 6. The second kappa shape index (κ2) is 16.0. The summed E-state index contributed by atoms with van der Waals surface area (Å²) in [5.41, 5.74) is -0.153. The number of benzene rings is 2. The molecule has 2 saturated carbocycles. The molecular formula is C46H58N8O12. The van der Waals surface area contributed by atoms with E-state index in [0.717, 1.165) is 22.3 Å². The van der Waals surface area contributed by atoms with Crippen LogP contribution in [0, 0.1) is 0 Å². The van der Waals surface area contributed by atoms with Crippen molar-refractivity contribution in [2.24, 2.45) is 0 Å². The maximum Gasteiger partial charge on any atom is 0.239 e. The minimum atomic E-state index is -1.11. The van der Waals surface area contributed by atoms with Crippen molar-refractivity contribution in [2.75, 3.05) is 53.4 Å². The molecule has 0 aromatic heterocycles. The lowest BCUT2D eigenvalue weighted by Crippen LogP contribution is -2.77. The van der Waals surface area contributed by atoms with Crippen molar-refractivity contribution < 1.29 is 58.7 Å². The topological polar surface area (TPSA) is 280 Å². The van der Waals surface area contributed by atoms with Crippen LogP contribution in [-0.2, 0) is 52.4 Å².